The summed E-state index contributed by atoms with van der Waals surface area (Å²) >= 11 is 0. The van der Waals surface area contributed by atoms with Crippen LogP contribution in [0.3, 0.4) is 0 Å². The van der Waals surface area contributed by atoms with E-state index in [9.17, 15) is 8.42 Å². The van der Waals surface area contributed by atoms with Crippen LogP contribution < -0.4 is 5.14 Å². The minimum Gasteiger partial charge on any atom is -0.295 e. The number of hydrogen-bond acceptors (Lipinski definition) is 4. The smallest absolute Gasteiger partial charge is 0.273 e. The number of sulfonamides is 1. The molecule has 0 amide bonds. The van der Waals surface area contributed by atoms with Gasteiger partial charge in [-0.25, -0.2) is 13.6 Å². The van der Waals surface area contributed by atoms with Crippen molar-refractivity contribution in [1.82, 2.24) is 14.8 Å². The molecule has 0 spiro atoms. The second kappa shape index (κ2) is 4.31. The van der Waals surface area contributed by atoms with Gasteiger partial charge < -0.3 is 0 Å². The highest BCUT2D eigenvalue weighted by atomic mass is 32.2. The van der Waals surface area contributed by atoms with Crippen molar-refractivity contribution in [2.75, 3.05) is 0 Å². The van der Waals surface area contributed by atoms with E-state index < -0.39 is 15.6 Å². The summed E-state index contributed by atoms with van der Waals surface area (Å²) in [7, 11) is -3.87. The molecule has 104 valence electrons. The molecule has 18 heavy (non-hydrogen) atoms. The van der Waals surface area contributed by atoms with E-state index in [4.69, 9.17) is 5.14 Å². The molecule has 1 aromatic heterocycles. The van der Waals surface area contributed by atoms with Crippen molar-refractivity contribution in [3.05, 3.63) is 5.82 Å². The van der Waals surface area contributed by atoms with Gasteiger partial charge in [-0.3, -0.25) is 4.57 Å². The van der Waals surface area contributed by atoms with Crippen molar-refractivity contribution >= 4 is 10.0 Å². The Kier molecular flexibility index (Phi) is 3.62. The summed E-state index contributed by atoms with van der Waals surface area (Å²) in [5.74, 6) is 0.640. The van der Waals surface area contributed by atoms with Gasteiger partial charge in [-0.05, 0) is 27.2 Å². The first kappa shape index (κ1) is 15.1. The lowest BCUT2D eigenvalue weighted by molar-refractivity contribution is 0.317. The van der Waals surface area contributed by atoms with Gasteiger partial charge in [-0.2, -0.15) is 0 Å². The minimum atomic E-state index is -3.87. The van der Waals surface area contributed by atoms with Gasteiger partial charge in [0.05, 0.1) is 0 Å². The van der Waals surface area contributed by atoms with Crippen molar-refractivity contribution < 1.29 is 8.42 Å². The molecule has 1 heterocycles. The molecule has 6 nitrogen and oxygen atoms in total. The summed E-state index contributed by atoms with van der Waals surface area (Å²) in [4.78, 5) is 0. The van der Waals surface area contributed by atoms with Crippen LogP contribution in [0.15, 0.2) is 5.16 Å². The number of rotatable bonds is 3. The highest BCUT2D eigenvalue weighted by Crippen LogP contribution is 2.31. The van der Waals surface area contributed by atoms with E-state index in [0.717, 1.165) is 6.42 Å². The molecular formula is C11H22N4O2S. The highest BCUT2D eigenvalue weighted by Gasteiger charge is 2.34. The second-order valence-electron chi connectivity index (χ2n) is 6.09. The van der Waals surface area contributed by atoms with Gasteiger partial charge in [0, 0.05) is 11.0 Å². The quantitative estimate of drug-likeness (QED) is 0.901. The zero-order valence-electron chi connectivity index (χ0n) is 11.9. The number of nitrogens with two attached hydrogens (primary N) is 1. The molecule has 0 bridgehead atoms. The summed E-state index contributed by atoms with van der Waals surface area (Å²) in [5.41, 5.74) is -0.712. The van der Waals surface area contributed by atoms with Crippen molar-refractivity contribution in [3.63, 3.8) is 0 Å². The fourth-order valence-corrected chi connectivity index (χ4v) is 2.42. The summed E-state index contributed by atoms with van der Waals surface area (Å²) in [6.07, 6.45) is 0.825. The molecule has 0 aromatic carbocycles. The Morgan fingerprint density at radius 1 is 1.17 bits per heavy atom. The van der Waals surface area contributed by atoms with Crippen LogP contribution in [-0.2, 0) is 21.0 Å². The Morgan fingerprint density at radius 3 is 2.00 bits per heavy atom. The molecule has 0 unspecified atom stereocenters. The number of primary sulfonamides is 1. The molecular weight excluding hydrogens is 252 g/mol. The molecule has 2 N–H and O–H groups in total. The summed E-state index contributed by atoms with van der Waals surface area (Å²) < 4.78 is 24.8. The lowest BCUT2D eigenvalue weighted by Crippen LogP contribution is -2.34. The molecule has 0 aliphatic rings. The van der Waals surface area contributed by atoms with Gasteiger partial charge >= 0.3 is 0 Å². The number of nitrogens with zero attached hydrogens (tertiary/aromatic N) is 3. The Balaban J connectivity index is 3.64. The Bertz CT molecular complexity index is 538. The summed E-state index contributed by atoms with van der Waals surface area (Å²) in [6, 6.07) is 0. The first-order chi connectivity index (χ1) is 7.91. The molecule has 0 aliphatic heterocycles. The monoisotopic (exact) mass is 274 g/mol. The average Bonchev–Trinajstić information content (AvgIpc) is 2.60. The van der Waals surface area contributed by atoms with Crippen LogP contribution in [-0.4, -0.2) is 23.2 Å². The molecule has 7 heteroatoms. The first-order valence-electron chi connectivity index (χ1n) is 5.90. The fourth-order valence-electron chi connectivity index (χ4n) is 1.66. The molecule has 0 atom stereocenters. The fraction of sp³-hybridized carbons (Fsp3) is 0.818. The lowest BCUT2D eigenvalue weighted by atomic mass is 9.88. The second-order valence-corrected chi connectivity index (χ2v) is 7.55. The largest absolute Gasteiger partial charge is 0.295 e. The van der Waals surface area contributed by atoms with E-state index in [0.29, 0.717) is 5.82 Å². The minimum absolute atomic E-state index is 0.175. The maximum Gasteiger partial charge on any atom is 0.273 e. The third-order valence-corrected chi connectivity index (χ3v) is 3.82. The average molecular weight is 274 g/mol. The van der Waals surface area contributed by atoms with E-state index >= 15 is 0 Å². The van der Waals surface area contributed by atoms with Crippen LogP contribution in [0.2, 0.25) is 0 Å². The van der Waals surface area contributed by atoms with Gasteiger partial charge in [0.1, 0.15) is 5.82 Å². The topological polar surface area (TPSA) is 90.9 Å². The van der Waals surface area contributed by atoms with E-state index in [1.165, 1.54) is 0 Å². The van der Waals surface area contributed by atoms with Crippen LogP contribution >= 0.6 is 0 Å². The predicted octanol–water partition coefficient (Wildman–Crippen LogP) is 1.37. The molecule has 0 saturated carbocycles. The van der Waals surface area contributed by atoms with Crippen molar-refractivity contribution in [2.24, 2.45) is 5.14 Å². The van der Waals surface area contributed by atoms with E-state index in [2.05, 4.69) is 10.2 Å². The SMILES string of the molecule is CCC(C)(C)c1nnc(S(N)(=O)=O)n1C(C)(C)C. The van der Waals surface area contributed by atoms with Crippen LogP contribution in [0.1, 0.15) is 53.8 Å². The van der Waals surface area contributed by atoms with Crippen LogP contribution in [0, 0.1) is 0 Å². The van der Waals surface area contributed by atoms with Gasteiger partial charge in [-0.15, -0.1) is 10.2 Å². The van der Waals surface area contributed by atoms with Gasteiger partial charge in [0.2, 0.25) is 0 Å². The molecule has 0 aliphatic carbocycles. The zero-order chi connectivity index (χ0) is 14.4. The number of aromatic nitrogens is 3. The van der Waals surface area contributed by atoms with Crippen molar-refractivity contribution in [2.45, 2.75) is 64.1 Å². The van der Waals surface area contributed by atoms with Crippen LogP contribution in [0.25, 0.3) is 0 Å². The molecule has 0 saturated heterocycles. The van der Waals surface area contributed by atoms with E-state index in [1.807, 2.05) is 41.5 Å². The van der Waals surface area contributed by atoms with Crippen molar-refractivity contribution in [3.8, 4) is 0 Å². The van der Waals surface area contributed by atoms with Crippen molar-refractivity contribution in [1.29, 1.82) is 0 Å². The van der Waals surface area contributed by atoms with E-state index in [-0.39, 0.29) is 10.6 Å². The molecule has 1 rings (SSSR count). The molecule has 0 fully saturated rings. The Morgan fingerprint density at radius 2 is 1.67 bits per heavy atom. The van der Waals surface area contributed by atoms with Gasteiger partial charge in [0.15, 0.2) is 0 Å². The molecule has 0 radical (unpaired) electrons. The van der Waals surface area contributed by atoms with Gasteiger partial charge in [0.25, 0.3) is 15.2 Å². The normalized spacial score (nSPS) is 13.9. The third-order valence-electron chi connectivity index (χ3n) is 3.05. The maximum absolute atomic E-state index is 11.6. The van der Waals surface area contributed by atoms with Crippen LogP contribution in [0.5, 0.6) is 0 Å². The third kappa shape index (κ3) is 2.72. The maximum atomic E-state index is 11.6. The lowest BCUT2D eigenvalue weighted by Gasteiger charge is -2.30. The zero-order valence-corrected chi connectivity index (χ0v) is 12.7. The Hall–Kier alpha value is -0.950. The molecule has 1 aromatic rings. The highest BCUT2D eigenvalue weighted by molar-refractivity contribution is 7.89. The first-order valence-corrected chi connectivity index (χ1v) is 7.45. The Labute approximate surface area is 109 Å². The standard InChI is InChI=1S/C11H22N4O2S/c1-7-11(5,6)8-13-14-9(18(12,16)17)15(8)10(2,3)4/h7H2,1-6H3,(H2,12,16,17). The predicted molar refractivity (Wildman–Crippen MR) is 69.7 cm³/mol. The van der Waals surface area contributed by atoms with E-state index in [1.54, 1.807) is 4.57 Å². The van der Waals surface area contributed by atoms with Gasteiger partial charge in [-0.1, -0.05) is 20.8 Å². The summed E-state index contributed by atoms with van der Waals surface area (Å²) in [6.45, 7) is 11.7. The summed E-state index contributed by atoms with van der Waals surface area (Å²) in [5, 5.41) is 12.8. The number of hydrogen-bond donors (Lipinski definition) is 1. The van der Waals surface area contributed by atoms with Crippen LogP contribution in [0.4, 0.5) is 0 Å².